The minimum absolute atomic E-state index is 0.327. The molecule has 1 amide bonds. The Labute approximate surface area is 84.6 Å². The molecule has 0 radical (unpaired) electrons. The number of thiol groups is 1. The van der Waals surface area contributed by atoms with Gasteiger partial charge in [0.25, 0.3) is 5.92 Å². The molecule has 1 aliphatic rings. The van der Waals surface area contributed by atoms with Crippen LogP contribution in [-0.2, 0) is 4.79 Å². The molecule has 13 heavy (non-hydrogen) atoms. The Kier molecular flexibility index (Phi) is 2.83. The molecule has 6 heteroatoms. The SMILES string of the molecule is CC(C)(NC(=O)C1CC1(F)F)SS. The van der Waals surface area contributed by atoms with Crippen LogP contribution in [0.3, 0.4) is 0 Å². The molecule has 1 N–H and O–H groups in total. The number of alkyl halides is 2. The molecule has 0 bridgehead atoms. The molecule has 0 spiro atoms. The average Bonchev–Trinajstić information content (AvgIpc) is 2.59. The Morgan fingerprint density at radius 3 is 2.46 bits per heavy atom. The van der Waals surface area contributed by atoms with Crippen LogP contribution in [0.25, 0.3) is 0 Å². The Morgan fingerprint density at radius 2 is 2.15 bits per heavy atom. The molecule has 2 nitrogen and oxygen atoms in total. The monoisotopic (exact) mass is 227 g/mol. The standard InChI is InChI=1S/C7H11F2NOS2/c1-6(2,13-12)10-5(11)4-3-7(4,8)9/h4,12H,3H2,1-2H3,(H,10,11). The maximum atomic E-state index is 12.4. The summed E-state index contributed by atoms with van der Waals surface area (Å²) < 4.78 is 24.9. The molecular weight excluding hydrogens is 216 g/mol. The second-order valence-electron chi connectivity index (χ2n) is 3.61. The van der Waals surface area contributed by atoms with Gasteiger partial charge in [-0.1, -0.05) is 10.8 Å². The Bertz CT molecular complexity index is 233. The molecular formula is C7H11F2NOS2. The van der Waals surface area contributed by atoms with E-state index in [1.807, 2.05) is 0 Å². The van der Waals surface area contributed by atoms with Crippen molar-refractivity contribution in [3.63, 3.8) is 0 Å². The number of amides is 1. The fourth-order valence-electron chi connectivity index (χ4n) is 0.904. The van der Waals surface area contributed by atoms with Crippen molar-refractivity contribution < 1.29 is 13.6 Å². The number of halogens is 2. The summed E-state index contributed by atoms with van der Waals surface area (Å²) in [6, 6.07) is 0. The quantitative estimate of drug-likeness (QED) is 0.439. The fraction of sp³-hybridized carbons (Fsp3) is 0.857. The lowest BCUT2D eigenvalue weighted by Gasteiger charge is -2.22. The van der Waals surface area contributed by atoms with Gasteiger partial charge in [-0.05, 0) is 13.8 Å². The van der Waals surface area contributed by atoms with E-state index in [1.165, 1.54) is 0 Å². The number of rotatable bonds is 3. The summed E-state index contributed by atoms with van der Waals surface area (Å²) in [5.41, 5.74) is 0. The number of nitrogens with one attached hydrogen (secondary N) is 1. The van der Waals surface area contributed by atoms with E-state index in [9.17, 15) is 13.6 Å². The minimum atomic E-state index is -2.79. The van der Waals surface area contributed by atoms with Crippen LogP contribution in [0.15, 0.2) is 0 Å². The van der Waals surface area contributed by atoms with E-state index in [-0.39, 0.29) is 6.42 Å². The van der Waals surface area contributed by atoms with Crippen LogP contribution in [0.2, 0.25) is 0 Å². The van der Waals surface area contributed by atoms with Crippen molar-refractivity contribution in [2.24, 2.45) is 5.92 Å². The van der Waals surface area contributed by atoms with E-state index in [0.717, 1.165) is 10.8 Å². The highest BCUT2D eigenvalue weighted by Crippen LogP contribution is 2.49. The number of hydrogen-bond acceptors (Lipinski definition) is 3. The molecule has 1 saturated carbocycles. The van der Waals surface area contributed by atoms with Crippen molar-refractivity contribution in [2.75, 3.05) is 0 Å². The third kappa shape index (κ3) is 2.74. The second-order valence-corrected chi connectivity index (χ2v) is 5.36. The van der Waals surface area contributed by atoms with Crippen molar-refractivity contribution in [1.82, 2.24) is 5.32 Å². The van der Waals surface area contributed by atoms with Crippen LogP contribution < -0.4 is 5.32 Å². The molecule has 0 aromatic rings. The zero-order valence-corrected chi connectivity index (χ0v) is 9.02. The highest BCUT2D eigenvalue weighted by atomic mass is 33.1. The van der Waals surface area contributed by atoms with Crippen molar-refractivity contribution in [1.29, 1.82) is 0 Å². The van der Waals surface area contributed by atoms with Gasteiger partial charge >= 0.3 is 0 Å². The first-order valence-electron chi connectivity index (χ1n) is 3.81. The summed E-state index contributed by atoms with van der Waals surface area (Å²) >= 11 is 3.92. The second kappa shape index (κ2) is 3.31. The van der Waals surface area contributed by atoms with Crippen LogP contribution in [0, 0.1) is 5.92 Å². The highest BCUT2D eigenvalue weighted by molar-refractivity contribution is 8.69. The lowest BCUT2D eigenvalue weighted by Crippen LogP contribution is -2.41. The summed E-state index contributed by atoms with van der Waals surface area (Å²) in [5.74, 6) is -4.51. The van der Waals surface area contributed by atoms with E-state index < -0.39 is 22.6 Å². The smallest absolute Gasteiger partial charge is 0.260 e. The summed E-state index contributed by atoms with van der Waals surface area (Å²) in [6.07, 6.45) is -0.327. The predicted molar refractivity (Wildman–Crippen MR) is 51.9 cm³/mol. The van der Waals surface area contributed by atoms with E-state index in [2.05, 4.69) is 17.0 Å². The van der Waals surface area contributed by atoms with Crippen LogP contribution in [0.5, 0.6) is 0 Å². The third-order valence-corrected chi connectivity index (χ3v) is 3.72. The van der Waals surface area contributed by atoms with Gasteiger partial charge in [0.05, 0.1) is 4.87 Å². The van der Waals surface area contributed by atoms with Gasteiger partial charge in [-0.3, -0.25) is 4.79 Å². The van der Waals surface area contributed by atoms with Crippen molar-refractivity contribution in [3.05, 3.63) is 0 Å². The van der Waals surface area contributed by atoms with Crippen LogP contribution in [-0.4, -0.2) is 16.7 Å². The molecule has 1 unspecified atom stereocenters. The van der Waals surface area contributed by atoms with Gasteiger partial charge in [0.15, 0.2) is 0 Å². The lowest BCUT2D eigenvalue weighted by atomic mass is 10.3. The number of hydrogen-bond donors (Lipinski definition) is 2. The zero-order chi connectivity index (χ0) is 10.3. The Balaban J connectivity index is 2.44. The van der Waals surface area contributed by atoms with Gasteiger partial charge in [0.2, 0.25) is 5.91 Å². The van der Waals surface area contributed by atoms with Crippen molar-refractivity contribution in [3.8, 4) is 0 Å². The molecule has 1 fully saturated rings. The predicted octanol–water partition coefficient (Wildman–Crippen LogP) is 2.07. The summed E-state index contributed by atoms with van der Waals surface area (Å²) in [6.45, 7) is 3.42. The van der Waals surface area contributed by atoms with Gasteiger partial charge < -0.3 is 5.32 Å². The average molecular weight is 227 g/mol. The summed E-state index contributed by atoms with van der Waals surface area (Å²) in [4.78, 5) is 10.6. The lowest BCUT2D eigenvalue weighted by molar-refractivity contribution is -0.125. The maximum Gasteiger partial charge on any atom is 0.260 e. The van der Waals surface area contributed by atoms with E-state index in [1.54, 1.807) is 13.8 Å². The van der Waals surface area contributed by atoms with Gasteiger partial charge in [0, 0.05) is 6.42 Å². The maximum absolute atomic E-state index is 12.4. The van der Waals surface area contributed by atoms with Crippen LogP contribution in [0.1, 0.15) is 20.3 Å². The Morgan fingerprint density at radius 1 is 1.69 bits per heavy atom. The fourth-order valence-corrected chi connectivity index (χ4v) is 1.19. The molecule has 1 atom stereocenters. The first kappa shape index (κ1) is 11.1. The number of carbonyl (C=O) groups is 1. The molecule has 0 saturated heterocycles. The zero-order valence-electron chi connectivity index (χ0n) is 7.30. The van der Waals surface area contributed by atoms with Crippen molar-refractivity contribution >= 4 is 28.4 Å². The highest BCUT2D eigenvalue weighted by Gasteiger charge is 2.61. The first-order chi connectivity index (χ1) is 5.78. The van der Waals surface area contributed by atoms with Gasteiger partial charge in [-0.15, -0.1) is 11.7 Å². The summed E-state index contributed by atoms with van der Waals surface area (Å²) in [5, 5.41) is 2.49. The van der Waals surface area contributed by atoms with E-state index in [0.29, 0.717) is 0 Å². The van der Waals surface area contributed by atoms with Crippen LogP contribution in [0.4, 0.5) is 8.78 Å². The minimum Gasteiger partial charge on any atom is -0.341 e. The normalized spacial score (nSPS) is 25.5. The van der Waals surface area contributed by atoms with Gasteiger partial charge in [0.1, 0.15) is 5.92 Å². The summed E-state index contributed by atoms with van der Waals surface area (Å²) in [7, 11) is 1.12. The Hall–Kier alpha value is 0.0300. The third-order valence-electron chi connectivity index (χ3n) is 1.79. The van der Waals surface area contributed by atoms with E-state index >= 15 is 0 Å². The molecule has 1 aliphatic carbocycles. The van der Waals surface area contributed by atoms with Gasteiger partial charge in [-0.25, -0.2) is 8.78 Å². The first-order valence-corrected chi connectivity index (χ1v) is 5.68. The van der Waals surface area contributed by atoms with Gasteiger partial charge in [-0.2, -0.15) is 0 Å². The molecule has 1 rings (SSSR count). The molecule has 0 aromatic carbocycles. The largest absolute Gasteiger partial charge is 0.341 e. The topological polar surface area (TPSA) is 29.1 Å². The number of carbonyl (C=O) groups excluding carboxylic acids is 1. The van der Waals surface area contributed by atoms with E-state index in [4.69, 9.17) is 0 Å². The molecule has 0 aliphatic heterocycles. The molecule has 0 heterocycles. The van der Waals surface area contributed by atoms with Crippen LogP contribution >= 0.6 is 22.5 Å². The van der Waals surface area contributed by atoms with Crippen molar-refractivity contribution in [2.45, 2.75) is 31.1 Å². The molecule has 76 valence electrons. The molecule has 0 aromatic heterocycles.